The molecule has 0 bridgehead atoms. The molecule has 0 fully saturated rings. The summed E-state index contributed by atoms with van der Waals surface area (Å²) >= 11 is 6.12. The van der Waals surface area contributed by atoms with Crippen molar-refractivity contribution in [3.8, 4) is 11.1 Å². The van der Waals surface area contributed by atoms with Crippen LogP contribution in [0.3, 0.4) is 0 Å². The number of nitrogens with zero attached hydrogens (tertiary/aromatic N) is 2. The highest BCUT2D eigenvalue weighted by molar-refractivity contribution is 6.30. The Balaban J connectivity index is 1.48. The Kier molecular flexibility index (Phi) is 4.90. The van der Waals surface area contributed by atoms with Crippen molar-refractivity contribution in [1.82, 2.24) is 14.9 Å². The smallest absolute Gasteiger partial charge is 0.240 e. The molecule has 0 aliphatic rings. The van der Waals surface area contributed by atoms with E-state index in [-0.39, 0.29) is 12.5 Å². The predicted molar refractivity (Wildman–Crippen MR) is 108 cm³/mol. The van der Waals surface area contributed by atoms with E-state index in [2.05, 4.69) is 10.3 Å². The van der Waals surface area contributed by atoms with Crippen LogP contribution in [0.25, 0.3) is 22.2 Å². The van der Waals surface area contributed by atoms with Crippen molar-refractivity contribution in [2.45, 2.75) is 13.1 Å². The van der Waals surface area contributed by atoms with Gasteiger partial charge in [0.15, 0.2) is 0 Å². The normalized spacial score (nSPS) is 10.9. The van der Waals surface area contributed by atoms with Gasteiger partial charge < -0.3 is 9.88 Å². The van der Waals surface area contributed by atoms with Gasteiger partial charge in [-0.2, -0.15) is 0 Å². The number of carbonyl (C=O) groups is 1. The second-order valence-corrected chi connectivity index (χ2v) is 6.74. The fourth-order valence-electron chi connectivity index (χ4n) is 3.15. The molecule has 27 heavy (non-hydrogen) atoms. The van der Waals surface area contributed by atoms with Gasteiger partial charge in [-0.25, -0.2) is 4.98 Å². The Hall–Kier alpha value is -3.11. The molecule has 0 atom stereocenters. The molecule has 0 aliphatic carbocycles. The minimum Gasteiger partial charge on any atom is -0.350 e. The lowest BCUT2D eigenvalue weighted by Crippen LogP contribution is -2.27. The molecule has 134 valence electrons. The van der Waals surface area contributed by atoms with Crippen LogP contribution in [0.2, 0.25) is 5.02 Å². The molecular formula is C22H18ClN3O. The van der Waals surface area contributed by atoms with Crippen molar-refractivity contribution in [2.24, 2.45) is 0 Å². The van der Waals surface area contributed by atoms with Crippen LogP contribution >= 0.6 is 11.6 Å². The van der Waals surface area contributed by atoms with Gasteiger partial charge >= 0.3 is 0 Å². The maximum absolute atomic E-state index is 12.4. The number of amides is 1. The summed E-state index contributed by atoms with van der Waals surface area (Å²) in [5.74, 6) is -0.0564. The van der Waals surface area contributed by atoms with Gasteiger partial charge in [0.1, 0.15) is 6.54 Å². The Bertz CT molecular complexity index is 1100. The van der Waals surface area contributed by atoms with Gasteiger partial charge in [-0.3, -0.25) is 4.79 Å². The molecule has 0 saturated heterocycles. The van der Waals surface area contributed by atoms with E-state index >= 15 is 0 Å². The van der Waals surface area contributed by atoms with Crippen LogP contribution in [-0.4, -0.2) is 15.5 Å². The summed E-state index contributed by atoms with van der Waals surface area (Å²) in [7, 11) is 0. The molecule has 0 radical (unpaired) electrons. The van der Waals surface area contributed by atoms with E-state index in [1.54, 1.807) is 6.33 Å². The third-order valence-corrected chi connectivity index (χ3v) is 4.71. The molecule has 1 heterocycles. The first-order valence-corrected chi connectivity index (χ1v) is 9.09. The first-order valence-electron chi connectivity index (χ1n) is 8.71. The summed E-state index contributed by atoms with van der Waals surface area (Å²) in [5.41, 5.74) is 4.98. The average Bonchev–Trinajstić information content (AvgIpc) is 3.09. The number of nitrogens with one attached hydrogen (secondary N) is 1. The number of imidazole rings is 1. The SMILES string of the molecule is O=C(Cn1cnc2ccccc21)NCc1ccccc1-c1cccc(Cl)c1. The van der Waals surface area contributed by atoms with Crippen molar-refractivity contribution >= 4 is 28.5 Å². The van der Waals surface area contributed by atoms with E-state index < -0.39 is 0 Å². The number of hydrogen-bond acceptors (Lipinski definition) is 2. The van der Waals surface area contributed by atoms with Crippen LogP contribution < -0.4 is 5.32 Å². The van der Waals surface area contributed by atoms with Gasteiger partial charge in [0.2, 0.25) is 5.91 Å². The monoisotopic (exact) mass is 375 g/mol. The number of rotatable bonds is 5. The number of halogens is 1. The first-order chi connectivity index (χ1) is 13.2. The zero-order valence-corrected chi connectivity index (χ0v) is 15.4. The summed E-state index contributed by atoms with van der Waals surface area (Å²) < 4.78 is 1.85. The van der Waals surface area contributed by atoms with Gasteiger partial charge in [-0.15, -0.1) is 0 Å². The minimum absolute atomic E-state index is 0.0564. The van der Waals surface area contributed by atoms with Gasteiger partial charge in [0.05, 0.1) is 17.4 Å². The van der Waals surface area contributed by atoms with Crippen LogP contribution in [0.15, 0.2) is 79.1 Å². The number of aromatic nitrogens is 2. The van der Waals surface area contributed by atoms with Crippen LogP contribution in [0.1, 0.15) is 5.56 Å². The number of benzene rings is 3. The summed E-state index contributed by atoms with van der Waals surface area (Å²) in [6.07, 6.45) is 1.70. The molecular weight excluding hydrogens is 358 g/mol. The molecule has 0 unspecified atom stereocenters. The van der Waals surface area contributed by atoms with Crippen LogP contribution in [0, 0.1) is 0 Å². The average molecular weight is 376 g/mol. The van der Waals surface area contributed by atoms with E-state index in [0.717, 1.165) is 27.7 Å². The summed E-state index contributed by atoms with van der Waals surface area (Å²) in [6.45, 7) is 0.688. The third-order valence-electron chi connectivity index (χ3n) is 4.47. The van der Waals surface area contributed by atoms with E-state index in [4.69, 9.17) is 11.6 Å². The molecule has 4 rings (SSSR count). The molecule has 5 heteroatoms. The zero-order chi connectivity index (χ0) is 18.6. The van der Waals surface area contributed by atoms with E-state index in [9.17, 15) is 4.79 Å². The Morgan fingerprint density at radius 3 is 2.70 bits per heavy atom. The van der Waals surface area contributed by atoms with Crippen molar-refractivity contribution in [3.05, 3.63) is 89.7 Å². The van der Waals surface area contributed by atoms with Gasteiger partial charge in [-0.05, 0) is 41.0 Å². The quantitative estimate of drug-likeness (QED) is 0.550. The molecule has 0 spiro atoms. The molecule has 1 N–H and O–H groups in total. The Morgan fingerprint density at radius 1 is 1.00 bits per heavy atom. The zero-order valence-electron chi connectivity index (χ0n) is 14.6. The summed E-state index contributed by atoms with van der Waals surface area (Å²) in [6, 6.07) is 23.5. The molecule has 4 nitrogen and oxygen atoms in total. The lowest BCUT2D eigenvalue weighted by molar-refractivity contribution is -0.121. The van der Waals surface area contributed by atoms with Crippen LogP contribution in [0.5, 0.6) is 0 Å². The molecule has 1 aromatic heterocycles. The van der Waals surface area contributed by atoms with E-state index in [1.807, 2.05) is 77.4 Å². The highest BCUT2D eigenvalue weighted by Crippen LogP contribution is 2.26. The molecule has 4 aromatic rings. The van der Waals surface area contributed by atoms with Crippen LogP contribution in [-0.2, 0) is 17.9 Å². The van der Waals surface area contributed by atoms with Crippen molar-refractivity contribution in [2.75, 3.05) is 0 Å². The summed E-state index contributed by atoms with van der Waals surface area (Å²) in [4.78, 5) is 16.8. The van der Waals surface area contributed by atoms with Crippen molar-refractivity contribution < 1.29 is 4.79 Å². The molecule has 1 amide bonds. The van der Waals surface area contributed by atoms with Gasteiger partial charge in [0.25, 0.3) is 0 Å². The van der Waals surface area contributed by atoms with Gasteiger partial charge in [-0.1, -0.05) is 60.1 Å². The minimum atomic E-state index is -0.0564. The van der Waals surface area contributed by atoms with E-state index in [0.29, 0.717) is 11.6 Å². The molecule has 0 saturated carbocycles. The van der Waals surface area contributed by atoms with Crippen molar-refractivity contribution in [3.63, 3.8) is 0 Å². The number of carbonyl (C=O) groups excluding carboxylic acids is 1. The van der Waals surface area contributed by atoms with Crippen molar-refractivity contribution in [1.29, 1.82) is 0 Å². The molecule has 3 aromatic carbocycles. The largest absolute Gasteiger partial charge is 0.350 e. The predicted octanol–water partition coefficient (Wildman–Crippen LogP) is 4.67. The fraction of sp³-hybridized carbons (Fsp3) is 0.0909. The Labute approximate surface area is 162 Å². The highest BCUT2D eigenvalue weighted by Gasteiger charge is 2.09. The lowest BCUT2D eigenvalue weighted by atomic mass is 10.00. The maximum Gasteiger partial charge on any atom is 0.240 e. The first kappa shape index (κ1) is 17.3. The lowest BCUT2D eigenvalue weighted by Gasteiger charge is -2.12. The van der Waals surface area contributed by atoms with Gasteiger partial charge in [0, 0.05) is 11.6 Å². The number of fused-ring (bicyclic) bond motifs is 1. The molecule has 0 aliphatic heterocycles. The topological polar surface area (TPSA) is 46.9 Å². The maximum atomic E-state index is 12.4. The standard InChI is InChI=1S/C22H18ClN3O/c23-18-8-5-7-16(12-18)19-9-2-1-6-17(19)13-24-22(27)14-26-15-25-20-10-3-4-11-21(20)26/h1-12,15H,13-14H2,(H,24,27). The van der Waals surface area contributed by atoms with E-state index in [1.165, 1.54) is 0 Å². The number of para-hydroxylation sites is 2. The van der Waals surface area contributed by atoms with Crippen LogP contribution in [0.4, 0.5) is 0 Å². The number of hydrogen-bond donors (Lipinski definition) is 1. The second-order valence-electron chi connectivity index (χ2n) is 6.31. The highest BCUT2D eigenvalue weighted by atomic mass is 35.5. The fourth-order valence-corrected chi connectivity index (χ4v) is 3.34. The summed E-state index contributed by atoms with van der Waals surface area (Å²) in [5, 5.41) is 3.70. The second kappa shape index (κ2) is 7.64. The Morgan fingerprint density at radius 2 is 1.81 bits per heavy atom. The third kappa shape index (κ3) is 3.86.